The molecule has 4 nitrogen and oxygen atoms in total. The maximum absolute atomic E-state index is 13.4. The Kier molecular flexibility index (Phi) is 3.89. The number of carboxylic acids is 1. The molecule has 3 rings (SSSR count). The lowest BCUT2D eigenvalue weighted by molar-refractivity contribution is -0.136. The lowest BCUT2D eigenvalue weighted by Gasteiger charge is -2.11. The molecule has 0 saturated heterocycles. The summed E-state index contributed by atoms with van der Waals surface area (Å²) in [5.41, 5.74) is 4.66. The van der Waals surface area contributed by atoms with Crippen LogP contribution >= 0.6 is 22.9 Å². The number of carbonyl (C=O) groups is 1. The molecule has 9 heteroatoms. The van der Waals surface area contributed by atoms with Gasteiger partial charge in [0.05, 0.1) is 16.9 Å². The lowest BCUT2D eigenvalue weighted by atomic mass is 10.1. The molecule has 0 radical (unpaired) electrons. The zero-order chi connectivity index (χ0) is 17.6. The average molecular weight is 373 g/mol. The van der Waals surface area contributed by atoms with Gasteiger partial charge in [-0.05, 0) is 18.2 Å². The van der Waals surface area contributed by atoms with Gasteiger partial charge in [0.1, 0.15) is 9.71 Å². The number of hydrogen-bond donors (Lipinski definition) is 2. The maximum Gasteiger partial charge on any atom is 0.417 e. The zero-order valence-electron chi connectivity index (χ0n) is 11.7. The Morgan fingerprint density at radius 2 is 1.88 bits per heavy atom. The molecule has 1 aromatic carbocycles. The van der Waals surface area contributed by atoms with Gasteiger partial charge in [0.2, 0.25) is 0 Å². The summed E-state index contributed by atoms with van der Waals surface area (Å²) >= 11 is 6.39. The highest BCUT2D eigenvalue weighted by Crippen LogP contribution is 2.43. The van der Waals surface area contributed by atoms with Gasteiger partial charge in [-0.3, -0.25) is 0 Å². The van der Waals surface area contributed by atoms with Crippen LogP contribution in [-0.2, 0) is 6.18 Å². The highest BCUT2D eigenvalue weighted by Gasteiger charge is 2.36. The molecule has 124 valence electrons. The monoisotopic (exact) mass is 372 g/mol. The summed E-state index contributed by atoms with van der Waals surface area (Å²) in [7, 11) is 0. The number of benzene rings is 1. The van der Waals surface area contributed by atoms with E-state index in [1.165, 1.54) is 24.3 Å². The first kappa shape index (κ1) is 16.5. The largest absolute Gasteiger partial charge is 0.477 e. The molecule has 0 unspecified atom stereocenters. The van der Waals surface area contributed by atoms with Gasteiger partial charge in [0.15, 0.2) is 0 Å². The summed E-state index contributed by atoms with van der Waals surface area (Å²) in [5.74, 6) is -1.39. The van der Waals surface area contributed by atoms with E-state index in [0.29, 0.717) is 21.9 Å². The van der Waals surface area contributed by atoms with Crippen LogP contribution in [0.4, 0.5) is 18.9 Å². The number of fused-ring (bicyclic) bond motifs is 1. The van der Waals surface area contributed by atoms with Gasteiger partial charge in [-0.1, -0.05) is 23.7 Å². The number of aromatic carboxylic acids is 1. The van der Waals surface area contributed by atoms with E-state index in [9.17, 15) is 18.0 Å². The molecule has 0 spiro atoms. The van der Waals surface area contributed by atoms with Crippen molar-refractivity contribution in [3.63, 3.8) is 0 Å². The summed E-state index contributed by atoms with van der Waals surface area (Å²) < 4.78 is 40.3. The van der Waals surface area contributed by atoms with Crippen LogP contribution in [0.5, 0.6) is 0 Å². The van der Waals surface area contributed by atoms with E-state index in [4.69, 9.17) is 22.4 Å². The SMILES string of the molecule is Nc1c(C(=O)O)sc2nc(-c3ccc(Cl)cc3)cc(C(F)(F)F)c12. The molecule has 3 N–H and O–H groups in total. The van der Waals surface area contributed by atoms with Crippen molar-refractivity contribution in [2.75, 3.05) is 5.73 Å². The van der Waals surface area contributed by atoms with E-state index < -0.39 is 23.4 Å². The molecule has 0 aliphatic heterocycles. The van der Waals surface area contributed by atoms with Gasteiger partial charge in [-0.15, -0.1) is 11.3 Å². The van der Waals surface area contributed by atoms with Gasteiger partial charge < -0.3 is 10.8 Å². The molecule has 0 atom stereocenters. The van der Waals surface area contributed by atoms with Crippen LogP contribution in [-0.4, -0.2) is 16.1 Å². The van der Waals surface area contributed by atoms with Crippen LogP contribution in [0.25, 0.3) is 21.5 Å². The molecule has 0 saturated carbocycles. The van der Waals surface area contributed by atoms with E-state index in [0.717, 1.165) is 6.07 Å². The van der Waals surface area contributed by atoms with E-state index in [1.807, 2.05) is 0 Å². The van der Waals surface area contributed by atoms with E-state index in [-0.39, 0.29) is 20.8 Å². The third-order valence-electron chi connectivity index (χ3n) is 3.34. The van der Waals surface area contributed by atoms with Crippen LogP contribution in [0.3, 0.4) is 0 Å². The predicted molar refractivity (Wildman–Crippen MR) is 86.4 cm³/mol. The van der Waals surface area contributed by atoms with E-state index in [1.54, 1.807) is 0 Å². The summed E-state index contributed by atoms with van der Waals surface area (Å²) in [6.45, 7) is 0. The number of anilines is 1. The number of thiophene rings is 1. The number of carboxylic acid groups (broad SMARTS) is 1. The Labute approximate surface area is 142 Å². The minimum Gasteiger partial charge on any atom is -0.477 e. The van der Waals surface area contributed by atoms with Crippen LogP contribution in [0.2, 0.25) is 5.02 Å². The summed E-state index contributed by atoms with van der Waals surface area (Å²) in [5, 5.41) is 9.13. The highest BCUT2D eigenvalue weighted by atomic mass is 35.5. The first-order valence-corrected chi connectivity index (χ1v) is 7.67. The molecular weight excluding hydrogens is 365 g/mol. The van der Waals surface area contributed by atoms with Crippen LogP contribution in [0, 0.1) is 0 Å². The molecule has 3 aromatic rings. The number of halogens is 4. The standard InChI is InChI=1S/C15H8ClF3N2O2S/c16-7-3-1-6(2-4-7)9-5-8(15(17,18)19)10-11(20)12(14(22)23)24-13(10)21-9/h1-5H,20H2,(H,22,23). The Bertz CT molecular complexity index is 952. The summed E-state index contributed by atoms with van der Waals surface area (Å²) in [6, 6.07) is 6.99. The second-order valence-corrected chi connectivity index (χ2v) is 6.33. The average Bonchev–Trinajstić information content (AvgIpc) is 2.83. The number of nitrogen functional groups attached to an aromatic ring is 1. The van der Waals surface area contributed by atoms with Gasteiger partial charge >= 0.3 is 12.1 Å². The number of nitrogens with two attached hydrogens (primary N) is 1. The maximum atomic E-state index is 13.4. The normalized spacial score (nSPS) is 11.8. The van der Waals surface area contributed by atoms with Crippen LogP contribution in [0.15, 0.2) is 30.3 Å². The zero-order valence-corrected chi connectivity index (χ0v) is 13.3. The highest BCUT2D eigenvalue weighted by molar-refractivity contribution is 7.21. The van der Waals surface area contributed by atoms with Crippen LogP contribution < -0.4 is 5.73 Å². The van der Waals surface area contributed by atoms with Gasteiger partial charge in [0, 0.05) is 16.0 Å². The van der Waals surface area contributed by atoms with E-state index in [2.05, 4.69) is 4.98 Å². The van der Waals surface area contributed by atoms with Crippen molar-refractivity contribution in [3.05, 3.63) is 45.8 Å². The van der Waals surface area contributed by atoms with Crippen molar-refractivity contribution < 1.29 is 23.1 Å². The van der Waals surface area contributed by atoms with Crippen molar-refractivity contribution in [2.45, 2.75) is 6.18 Å². The minimum absolute atomic E-state index is 0.0599. The number of alkyl halides is 3. The predicted octanol–water partition coefficient (Wildman–Crippen LogP) is 4.92. The molecule has 0 bridgehead atoms. The molecule has 2 aromatic heterocycles. The van der Waals surface area contributed by atoms with Crippen molar-refractivity contribution in [1.82, 2.24) is 4.98 Å². The minimum atomic E-state index is -4.70. The van der Waals surface area contributed by atoms with Gasteiger partial charge in [0.25, 0.3) is 0 Å². The molecule has 0 amide bonds. The molecule has 0 aliphatic rings. The summed E-state index contributed by atoms with van der Waals surface area (Å²) in [6.07, 6.45) is -4.70. The first-order valence-electron chi connectivity index (χ1n) is 6.48. The molecule has 2 heterocycles. The number of hydrogen-bond acceptors (Lipinski definition) is 4. The number of pyridine rings is 1. The number of rotatable bonds is 2. The molecule has 0 aliphatic carbocycles. The van der Waals surface area contributed by atoms with Crippen molar-refractivity contribution in [1.29, 1.82) is 0 Å². The summed E-state index contributed by atoms with van der Waals surface area (Å²) in [4.78, 5) is 14.9. The van der Waals surface area contributed by atoms with Gasteiger partial charge in [-0.2, -0.15) is 13.2 Å². The van der Waals surface area contributed by atoms with Gasteiger partial charge in [-0.25, -0.2) is 9.78 Å². The quantitative estimate of drug-likeness (QED) is 0.669. The molecule has 24 heavy (non-hydrogen) atoms. The smallest absolute Gasteiger partial charge is 0.417 e. The molecular formula is C15H8ClF3N2O2S. The third kappa shape index (κ3) is 2.78. The molecule has 0 fully saturated rings. The number of aromatic nitrogens is 1. The van der Waals surface area contributed by atoms with Crippen molar-refractivity contribution in [2.24, 2.45) is 0 Å². The van der Waals surface area contributed by atoms with Crippen molar-refractivity contribution in [3.8, 4) is 11.3 Å². The van der Waals surface area contributed by atoms with Crippen LogP contribution in [0.1, 0.15) is 15.2 Å². The van der Waals surface area contributed by atoms with Crippen molar-refractivity contribution >= 4 is 44.8 Å². The fourth-order valence-corrected chi connectivity index (χ4v) is 3.36. The second kappa shape index (κ2) is 5.64. The topological polar surface area (TPSA) is 76.2 Å². The van der Waals surface area contributed by atoms with E-state index >= 15 is 0 Å². The third-order valence-corrected chi connectivity index (χ3v) is 4.68. The Balaban J connectivity index is 2.34. The lowest BCUT2D eigenvalue weighted by Crippen LogP contribution is -2.08. The first-order chi connectivity index (χ1) is 11.2. The fraction of sp³-hybridized carbons (Fsp3) is 0.0667. The fourth-order valence-electron chi connectivity index (χ4n) is 2.27. The Morgan fingerprint density at radius 3 is 2.42 bits per heavy atom. The Hall–Kier alpha value is -2.32. The number of nitrogens with zero attached hydrogens (tertiary/aromatic N) is 1. The second-order valence-electron chi connectivity index (χ2n) is 4.89. The Morgan fingerprint density at radius 1 is 1.25 bits per heavy atom.